The second-order valence-electron chi connectivity index (χ2n) is 4.87. The molecule has 22 heavy (non-hydrogen) atoms. The third-order valence-corrected chi connectivity index (χ3v) is 3.51. The number of aliphatic hydroxyl groups is 1. The van der Waals surface area contributed by atoms with Crippen molar-refractivity contribution in [3.05, 3.63) is 29.3 Å². The maximum atomic E-state index is 12.0. The Kier molecular flexibility index (Phi) is 7.87. The third-order valence-electron chi connectivity index (χ3n) is 3.18. The summed E-state index contributed by atoms with van der Waals surface area (Å²) in [6.45, 7) is 3.12. The van der Waals surface area contributed by atoms with E-state index in [1.807, 2.05) is 11.8 Å². The fraction of sp³-hybridized carbons (Fsp3) is 0.467. The molecule has 0 fully saturated rings. The molecule has 0 heterocycles. The number of aliphatic hydroxyl groups excluding tert-OH is 1. The van der Waals surface area contributed by atoms with Crippen molar-refractivity contribution in [1.82, 2.24) is 9.80 Å². The van der Waals surface area contributed by atoms with E-state index in [0.29, 0.717) is 23.8 Å². The highest BCUT2D eigenvalue weighted by Crippen LogP contribution is 2.20. The van der Waals surface area contributed by atoms with E-state index in [4.69, 9.17) is 16.7 Å². The second kappa shape index (κ2) is 9.40. The van der Waals surface area contributed by atoms with Crippen LogP contribution in [0.2, 0.25) is 5.02 Å². The van der Waals surface area contributed by atoms with Gasteiger partial charge >= 0.3 is 0 Å². The smallest absolute Gasteiger partial charge is 0.244 e. The summed E-state index contributed by atoms with van der Waals surface area (Å²) in [7, 11) is 1.57. The van der Waals surface area contributed by atoms with Gasteiger partial charge in [-0.15, -0.1) is 0 Å². The van der Waals surface area contributed by atoms with Gasteiger partial charge in [0.25, 0.3) is 0 Å². The van der Waals surface area contributed by atoms with Crippen LogP contribution in [0.5, 0.6) is 0 Å². The highest BCUT2D eigenvalue weighted by Gasteiger charge is 2.16. The second-order valence-corrected chi connectivity index (χ2v) is 5.28. The molecular weight excluding hydrogens is 306 g/mol. The zero-order valence-corrected chi connectivity index (χ0v) is 13.6. The van der Waals surface area contributed by atoms with Gasteiger partial charge in [-0.25, -0.2) is 0 Å². The molecule has 0 saturated carbocycles. The van der Waals surface area contributed by atoms with Crippen molar-refractivity contribution in [2.75, 3.05) is 45.2 Å². The normalized spacial score (nSPS) is 10.6. The van der Waals surface area contributed by atoms with E-state index in [1.54, 1.807) is 31.3 Å². The zero-order valence-electron chi connectivity index (χ0n) is 12.9. The van der Waals surface area contributed by atoms with Gasteiger partial charge in [-0.3, -0.25) is 14.5 Å². The molecule has 0 aliphatic heterocycles. The summed E-state index contributed by atoms with van der Waals surface area (Å²) in [6.07, 6.45) is 0. The van der Waals surface area contributed by atoms with Gasteiger partial charge in [0.05, 0.1) is 30.4 Å². The van der Waals surface area contributed by atoms with Crippen molar-refractivity contribution < 1.29 is 14.7 Å². The Morgan fingerprint density at radius 1 is 1.27 bits per heavy atom. The van der Waals surface area contributed by atoms with E-state index in [9.17, 15) is 9.59 Å². The average Bonchev–Trinajstić information content (AvgIpc) is 2.48. The number of nitrogens with zero attached hydrogens (tertiary/aromatic N) is 2. The predicted octanol–water partition coefficient (Wildman–Crippen LogP) is 1.05. The summed E-state index contributed by atoms with van der Waals surface area (Å²) in [6, 6.07) is 6.92. The molecule has 0 atom stereocenters. The van der Waals surface area contributed by atoms with Gasteiger partial charge in [0, 0.05) is 13.6 Å². The van der Waals surface area contributed by atoms with Crippen LogP contribution in [0, 0.1) is 0 Å². The Labute approximate surface area is 135 Å². The summed E-state index contributed by atoms with van der Waals surface area (Å²) < 4.78 is 0. The van der Waals surface area contributed by atoms with E-state index in [2.05, 4.69) is 5.32 Å². The molecular formula is C15H22ClN3O3. The van der Waals surface area contributed by atoms with Crippen LogP contribution < -0.4 is 5.32 Å². The summed E-state index contributed by atoms with van der Waals surface area (Å²) in [4.78, 5) is 27.1. The minimum absolute atomic E-state index is 0.00216. The van der Waals surface area contributed by atoms with Crippen molar-refractivity contribution in [3.8, 4) is 0 Å². The lowest BCUT2D eigenvalue weighted by Gasteiger charge is -2.23. The molecule has 1 aromatic carbocycles. The molecule has 0 spiro atoms. The van der Waals surface area contributed by atoms with Crippen LogP contribution in [0.25, 0.3) is 0 Å². The Balaban J connectivity index is 2.49. The summed E-state index contributed by atoms with van der Waals surface area (Å²) >= 11 is 5.96. The number of anilines is 1. The lowest BCUT2D eigenvalue weighted by molar-refractivity contribution is -0.134. The molecule has 2 N–H and O–H groups in total. The van der Waals surface area contributed by atoms with Gasteiger partial charge in [-0.1, -0.05) is 30.7 Å². The molecule has 2 amide bonds. The number of hydrogen-bond acceptors (Lipinski definition) is 4. The van der Waals surface area contributed by atoms with Crippen molar-refractivity contribution in [3.63, 3.8) is 0 Å². The Morgan fingerprint density at radius 2 is 1.95 bits per heavy atom. The molecule has 0 bridgehead atoms. The standard InChI is InChI=1S/C15H22ClN3O3/c1-3-19(8-9-20)11-15(22)18(2)10-14(21)17-13-7-5-4-6-12(13)16/h4-7,20H,3,8-11H2,1-2H3,(H,17,21). The first-order valence-electron chi connectivity index (χ1n) is 7.09. The van der Waals surface area contributed by atoms with E-state index < -0.39 is 0 Å². The lowest BCUT2D eigenvalue weighted by atomic mass is 10.3. The van der Waals surface area contributed by atoms with Gasteiger partial charge in [-0.2, -0.15) is 0 Å². The molecule has 0 saturated heterocycles. The van der Waals surface area contributed by atoms with E-state index in [0.717, 1.165) is 0 Å². The molecule has 0 aromatic heterocycles. The number of benzene rings is 1. The molecule has 6 nitrogen and oxygen atoms in total. The molecule has 0 aliphatic rings. The minimum Gasteiger partial charge on any atom is -0.395 e. The van der Waals surface area contributed by atoms with Crippen molar-refractivity contribution in [1.29, 1.82) is 0 Å². The fourth-order valence-corrected chi connectivity index (χ4v) is 2.04. The average molecular weight is 328 g/mol. The van der Waals surface area contributed by atoms with Crippen LogP contribution in [0.4, 0.5) is 5.69 Å². The van der Waals surface area contributed by atoms with Crippen LogP contribution in [0.1, 0.15) is 6.92 Å². The number of rotatable bonds is 8. The first-order valence-corrected chi connectivity index (χ1v) is 7.47. The highest BCUT2D eigenvalue weighted by molar-refractivity contribution is 6.33. The van der Waals surface area contributed by atoms with Crippen LogP contribution in [0.3, 0.4) is 0 Å². The van der Waals surface area contributed by atoms with Crippen molar-refractivity contribution >= 4 is 29.1 Å². The minimum atomic E-state index is -0.311. The SMILES string of the molecule is CCN(CCO)CC(=O)N(C)CC(=O)Nc1ccccc1Cl. The molecule has 0 radical (unpaired) electrons. The molecule has 0 unspecified atom stereocenters. The topological polar surface area (TPSA) is 72.9 Å². The molecule has 1 aromatic rings. The summed E-state index contributed by atoms with van der Waals surface area (Å²) in [5.74, 6) is -0.487. The number of likely N-dealkylation sites (N-methyl/N-ethyl adjacent to an activating group) is 2. The van der Waals surface area contributed by atoms with Gasteiger partial charge in [0.1, 0.15) is 0 Å². The molecule has 7 heteroatoms. The maximum Gasteiger partial charge on any atom is 0.244 e. The van der Waals surface area contributed by atoms with Crippen molar-refractivity contribution in [2.45, 2.75) is 6.92 Å². The number of halogens is 1. The van der Waals surface area contributed by atoms with Crippen LogP contribution in [0.15, 0.2) is 24.3 Å². The van der Waals surface area contributed by atoms with Gasteiger partial charge in [0.2, 0.25) is 11.8 Å². The number of para-hydroxylation sites is 1. The molecule has 1 rings (SSSR count). The first-order chi connectivity index (χ1) is 10.5. The van der Waals surface area contributed by atoms with Gasteiger partial charge in [0.15, 0.2) is 0 Å². The van der Waals surface area contributed by atoms with E-state index in [1.165, 1.54) is 4.90 Å². The predicted molar refractivity (Wildman–Crippen MR) is 86.9 cm³/mol. The molecule has 122 valence electrons. The van der Waals surface area contributed by atoms with E-state index >= 15 is 0 Å². The van der Waals surface area contributed by atoms with Crippen molar-refractivity contribution in [2.24, 2.45) is 0 Å². The maximum absolute atomic E-state index is 12.0. The highest BCUT2D eigenvalue weighted by atomic mass is 35.5. The van der Waals surface area contributed by atoms with Gasteiger partial charge < -0.3 is 15.3 Å². The number of carbonyl (C=O) groups excluding carboxylic acids is 2. The molecule has 0 aliphatic carbocycles. The van der Waals surface area contributed by atoms with Crippen LogP contribution in [-0.4, -0.2) is 66.6 Å². The Hall–Kier alpha value is -1.63. The fourth-order valence-electron chi connectivity index (χ4n) is 1.86. The number of amides is 2. The van der Waals surface area contributed by atoms with Crippen LogP contribution in [-0.2, 0) is 9.59 Å². The number of nitrogens with one attached hydrogen (secondary N) is 1. The lowest BCUT2D eigenvalue weighted by Crippen LogP contribution is -2.42. The zero-order chi connectivity index (χ0) is 16.5. The quantitative estimate of drug-likeness (QED) is 0.748. The number of hydrogen-bond donors (Lipinski definition) is 2. The summed E-state index contributed by atoms with van der Waals surface area (Å²) in [5, 5.41) is 12.0. The van der Waals surface area contributed by atoms with E-state index in [-0.39, 0.29) is 31.5 Å². The van der Waals surface area contributed by atoms with Gasteiger partial charge in [-0.05, 0) is 18.7 Å². The third kappa shape index (κ3) is 6.01. The summed E-state index contributed by atoms with van der Waals surface area (Å²) in [5.41, 5.74) is 0.519. The Bertz CT molecular complexity index is 511. The largest absolute Gasteiger partial charge is 0.395 e. The Morgan fingerprint density at radius 3 is 2.55 bits per heavy atom. The first kappa shape index (κ1) is 18.4. The monoisotopic (exact) mass is 327 g/mol. The number of carbonyl (C=O) groups is 2. The van der Waals surface area contributed by atoms with Crippen LogP contribution >= 0.6 is 11.6 Å².